The molecule has 1 atom stereocenters. The van der Waals surface area contributed by atoms with Crippen LogP contribution in [0.4, 0.5) is 0 Å². The lowest BCUT2D eigenvalue weighted by molar-refractivity contribution is -0.134. The Morgan fingerprint density at radius 1 is 1.00 bits per heavy atom. The van der Waals surface area contributed by atoms with Gasteiger partial charge in [-0.15, -0.1) is 0 Å². The second kappa shape index (κ2) is 7.89. The summed E-state index contributed by atoms with van der Waals surface area (Å²) in [5, 5.41) is 0. The summed E-state index contributed by atoms with van der Waals surface area (Å²) in [6.45, 7) is 10.2. The predicted molar refractivity (Wildman–Crippen MR) is 85.3 cm³/mol. The van der Waals surface area contributed by atoms with Gasteiger partial charge in [-0.1, -0.05) is 6.92 Å². The first-order valence-electron chi connectivity index (χ1n) is 8.20. The van der Waals surface area contributed by atoms with Crippen LogP contribution in [0.5, 0.6) is 0 Å². The molecular weight excluding hydrogens is 282 g/mol. The SMILES string of the molecule is CCN1CCN(CC(=O)N2CCN(C)C[C@@H](C(N)=O)C2)CC1. The van der Waals surface area contributed by atoms with E-state index in [1.165, 1.54) is 0 Å². The summed E-state index contributed by atoms with van der Waals surface area (Å²) in [6, 6.07) is 0. The Balaban J connectivity index is 1.87. The predicted octanol–water partition coefficient (Wildman–Crippen LogP) is -1.50. The zero-order valence-corrected chi connectivity index (χ0v) is 13.8. The van der Waals surface area contributed by atoms with Crippen LogP contribution in [0.3, 0.4) is 0 Å². The molecule has 2 heterocycles. The van der Waals surface area contributed by atoms with Gasteiger partial charge in [-0.05, 0) is 13.6 Å². The minimum Gasteiger partial charge on any atom is -0.369 e. The summed E-state index contributed by atoms with van der Waals surface area (Å²) in [4.78, 5) is 32.6. The molecule has 22 heavy (non-hydrogen) atoms. The Hall–Kier alpha value is -1.18. The highest BCUT2D eigenvalue weighted by atomic mass is 16.2. The molecule has 2 fully saturated rings. The lowest BCUT2D eigenvalue weighted by atomic mass is 10.1. The number of carbonyl (C=O) groups is 2. The summed E-state index contributed by atoms with van der Waals surface area (Å²) < 4.78 is 0. The normalized spacial score (nSPS) is 25.9. The summed E-state index contributed by atoms with van der Waals surface area (Å²) in [6.07, 6.45) is 0. The zero-order valence-electron chi connectivity index (χ0n) is 13.8. The van der Waals surface area contributed by atoms with Crippen molar-refractivity contribution in [3.63, 3.8) is 0 Å². The molecule has 0 bridgehead atoms. The van der Waals surface area contributed by atoms with Gasteiger partial charge in [-0.3, -0.25) is 14.5 Å². The first kappa shape index (κ1) is 17.2. The zero-order chi connectivity index (χ0) is 16.1. The molecule has 2 aliphatic heterocycles. The third kappa shape index (κ3) is 4.66. The third-order valence-electron chi connectivity index (χ3n) is 4.75. The number of carbonyl (C=O) groups excluding carboxylic acids is 2. The Labute approximate surface area is 133 Å². The molecule has 7 heteroatoms. The molecule has 126 valence electrons. The van der Waals surface area contributed by atoms with E-state index in [2.05, 4.69) is 21.6 Å². The minimum atomic E-state index is -0.317. The van der Waals surface area contributed by atoms with Gasteiger partial charge < -0.3 is 20.4 Å². The molecule has 0 aromatic heterocycles. The molecule has 2 amide bonds. The number of hydrogen-bond acceptors (Lipinski definition) is 5. The van der Waals surface area contributed by atoms with Crippen molar-refractivity contribution in [2.24, 2.45) is 11.7 Å². The Morgan fingerprint density at radius 3 is 2.23 bits per heavy atom. The maximum atomic E-state index is 12.5. The maximum absolute atomic E-state index is 12.5. The fraction of sp³-hybridized carbons (Fsp3) is 0.867. The average molecular weight is 311 g/mol. The molecule has 0 aromatic rings. The molecule has 0 radical (unpaired) electrons. The summed E-state index contributed by atoms with van der Waals surface area (Å²) in [7, 11) is 1.97. The second-order valence-corrected chi connectivity index (χ2v) is 6.41. The van der Waals surface area contributed by atoms with Crippen molar-refractivity contribution in [3.8, 4) is 0 Å². The first-order valence-corrected chi connectivity index (χ1v) is 8.20. The number of hydrogen-bond donors (Lipinski definition) is 1. The lowest BCUT2D eigenvalue weighted by Gasteiger charge is -2.34. The highest BCUT2D eigenvalue weighted by Gasteiger charge is 2.28. The van der Waals surface area contributed by atoms with E-state index in [1.54, 1.807) is 0 Å². The minimum absolute atomic E-state index is 0.117. The fourth-order valence-electron chi connectivity index (χ4n) is 3.14. The van der Waals surface area contributed by atoms with Gasteiger partial charge in [0, 0.05) is 52.4 Å². The lowest BCUT2D eigenvalue weighted by Crippen LogP contribution is -2.50. The van der Waals surface area contributed by atoms with Crippen molar-refractivity contribution >= 4 is 11.8 Å². The largest absolute Gasteiger partial charge is 0.369 e. The van der Waals surface area contributed by atoms with Crippen molar-refractivity contribution in [2.45, 2.75) is 6.92 Å². The highest BCUT2D eigenvalue weighted by molar-refractivity contribution is 5.81. The van der Waals surface area contributed by atoms with Crippen LogP contribution in [0.1, 0.15) is 6.92 Å². The summed E-state index contributed by atoms with van der Waals surface area (Å²) in [5.41, 5.74) is 5.46. The van der Waals surface area contributed by atoms with Gasteiger partial charge in [0.25, 0.3) is 0 Å². The number of amides is 2. The van der Waals surface area contributed by atoms with Crippen LogP contribution >= 0.6 is 0 Å². The van der Waals surface area contributed by atoms with E-state index in [9.17, 15) is 9.59 Å². The number of likely N-dealkylation sites (N-methyl/N-ethyl adjacent to an activating group) is 2. The average Bonchev–Trinajstić information content (AvgIpc) is 2.70. The maximum Gasteiger partial charge on any atom is 0.236 e. The van der Waals surface area contributed by atoms with Crippen LogP contribution in [0.15, 0.2) is 0 Å². The summed E-state index contributed by atoms with van der Waals surface area (Å²) >= 11 is 0. The fourth-order valence-corrected chi connectivity index (χ4v) is 3.14. The number of rotatable bonds is 4. The van der Waals surface area contributed by atoms with Crippen molar-refractivity contribution in [2.75, 3.05) is 72.5 Å². The molecule has 0 saturated carbocycles. The van der Waals surface area contributed by atoms with Crippen LogP contribution in [-0.2, 0) is 9.59 Å². The van der Waals surface area contributed by atoms with E-state index < -0.39 is 0 Å². The number of nitrogens with two attached hydrogens (primary N) is 1. The molecule has 7 nitrogen and oxygen atoms in total. The smallest absolute Gasteiger partial charge is 0.236 e. The Bertz CT molecular complexity index is 395. The molecule has 0 aliphatic carbocycles. The van der Waals surface area contributed by atoms with Crippen molar-refractivity contribution in [1.29, 1.82) is 0 Å². The second-order valence-electron chi connectivity index (χ2n) is 6.41. The molecule has 0 aromatic carbocycles. The highest BCUT2D eigenvalue weighted by Crippen LogP contribution is 2.10. The number of nitrogens with zero attached hydrogens (tertiary/aromatic N) is 4. The van der Waals surface area contributed by atoms with Gasteiger partial charge in [0.05, 0.1) is 12.5 Å². The van der Waals surface area contributed by atoms with Gasteiger partial charge in [0.2, 0.25) is 11.8 Å². The van der Waals surface area contributed by atoms with Gasteiger partial charge in [-0.2, -0.15) is 0 Å². The van der Waals surface area contributed by atoms with E-state index in [1.807, 2.05) is 11.9 Å². The quantitative estimate of drug-likeness (QED) is 0.684. The molecule has 2 N–H and O–H groups in total. The Kier molecular flexibility index (Phi) is 6.16. The van der Waals surface area contributed by atoms with Gasteiger partial charge >= 0.3 is 0 Å². The van der Waals surface area contributed by atoms with Crippen LogP contribution in [0, 0.1) is 5.92 Å². The van der Waals surface area contributed by atoms with E-state index in [0.717, 1.165) is 39.3 Å². The van der Waals surface area contributed by atoms with Gasteiger partial charge in [0.15, 0.2) is 0 Å². The van der Waals surface area contributed by atoms with Crippen molar-refractivity contribution in [3.05, 3.63) is 0 Å². The number of piperazine rings is 1. The summed E-state index contributed by atoms with van der Waals surface area (Å²) in [5.74, 6) is -0.469. The third-order valence-corrected chi connectivity index (χ3v) is 4.75. The molecule has 2 aliphatic rings. The first-order chi connectivity index (χ1) is 10.5. The van der Waals surface area contributed by atoms with Crippen LogP contribution in [0.2, 0.25) is 0 Å². The van der Waals surface area contributed by atoms with Gasteiger partial charge in [0.1, 0.15) is 0 Å². The van der Waals surface area contributed by atoms with E-state index >= 15 is 0 Å². The van der Waals surface area contributed by atoms with Crippen LogP contribution < -0.4 is 5.73 Å². The molecule has 2 saturated heterocycles. The molecule has 0 unspecified atom stereocenters. The van der Waals surface area contributed by atoms with E-state index in [4.69, 9.17) is 5.73 Å². The molecular formula is C15H29N5O2. The standard InChI is InChI=1S/C15H29N5O2/c1-3-18-5-7-19(8-6-18)12-14(21)20-9-4-17(2)10-13(11-20)15(16)22/h13H,3-12H2,1-2H3,(H2,16,22)/t13-/m1/s1. The Morgan fingerprint density at radius 2 is 1.64 bits per heavy atom. The topological polar surface area (TPSA) is 73.1 Å². The molecule has 0 spiro atoms. The van der Waals surface area contributed by atoms with Crippen LogP contribution in [0.25, 0.3) is 0 Å². The van der Waals surface area contributed by atoms with Crippen LogP contribution in [-0.4, -0.2) is 104 Å². The van der Waals surface area contributed by atoms with E-state index in [0.29, 0.717) is 26.2 Å². The van der Waals surface area contributed by atoms with E-state index in [-0.39, 0.29) is 17.7 Å². The van der Waals surface area contributed by atoms with Crippen molar-refractivity contribution in [1.82, 2.24) is 19.6 Å². The van der Waals surface area contributed by atoms with Crippen molar-refractivity contribution < 1.29 is 9.59 Å². The monoisotopic (exact) mass is 311 g/mol. The number of primary amides is 1. The van der Waals surface area contributed by atoms with Gasteiger partial charge in [-0.25, -0.2) is 0 Å². The molecule has 2 rings (SSSR count).